The smallest absolute Gasteiger partial charge is 0.203 e. The number of rotatable bonds is 14. The molecule has 0 spiro atoms. The first-order valence-corrected chi connectivity index (χ1v) is 11.7. The third kappa shape index (κ3) is 6.48. The van der Waals surface area contributed by atoms with E-state index in [2.05, 4.69) is 31.9 Å². The van der Waals surface area contributed by atoms with Gasteiger partial charge in [-0.1, -0.05) is 26.0 Å². The van der Waals surface area contributed by atoms with E-state index in [0.29, 0.717) is 29.5 Å². The number of para-hydroxylation sites is 2. The highest BCUT2D eigenvalue weighted by atomic mass is 16.5. The summed E-state index contributed by atoms with van der Waals surface area (Å²) in [5.41, 5.74) is 6.80. The van der Waals surface area contributed by atoms with Crippen molar-refractivity contribution < 1.29 is 18.9 Å². The summed E-state index contributed by atoms with van der Waals surface area (Å²) in [6, 6.07) is 14.0. The first-order chi connectivity index (χ1) is 16.3. The lowest BCUT2D eigenvalue weighted by Gasteiger charge is -2.33. The van der Waals surface area contributed by atoms with Crippen molar-refractivity contribution in [3.63, 3.8) is 0 Å². The lowest BCUT2D eigenvalue weighted by Crippen LogP contribution is -2.32. The van der Waals surface area contributed by atoms with Crippen molar-refractivity contribution in [2.24, 2.45) is 5.92 Å². The molecule has 0 bridgehead atoms. The Bertz CT molecular complexity index is 932. The summed E-state index contributed by atoms with van der Waals surface area (Å²) in [6.07, 6.45) is 2.50. The van der Waals surface area contributed by atoms with Gasteiger partial charge in [0.25, 0.3) is 0 Å². The Hall–Kier alpha value is -3.11. The fourth-order valence-electron chi connectivity index (χ4n) is 4.22. The summed E-state index contributed by atoms with van der Waals surface area (Å²) >= 11 is 0. The second kappa shape index (κ2) is 13.0. The predicted octanol–water partition coefficient (Wildman–Crippen LogP) is 4.89. The number of benzene rings is 2. The van der Waals surface area contributed by atoms with Crippen LogP contribution in [0.15, 0.2) is 36.4 Å². The normalized spacial score (nSPS) is 12.8. The average molecular weight is 470 g/mol. The lowest BCUT2D eigenvalue weighted by molar-refractivity contribution is 0.252. The number of nitrogen functional groups attached to an aromatic ring is 1. The number of nitrogens with two attached hydrogens (primary N) is 1. The van der Waals surface area contributed by atoms with Crippen LogP contribution < -0.4 is 24.7 Å². The van der Waals surface area contributed by atoms with Crippen LogP contribution in [0.1, 0.15) is 38.7 Å². The summed E-state index contributed by atoms with van der Waals surface area (Å²) in [6.45, 7) is 6.57. The van der Waals surface area contributed by atoms with E-state index in [1.165, 1.54) is 0 Å². The summed E-state index contributed by atoms with van der Waals surface area (Å²) in [5.74, 6) is 2.49. The number of methoxy groups -OCH3 is 3. The molecule has 7 heteroatoms. The number of anilines is 1. The van der Waals surface area contributed by atoms with E-state index in [9.17, 15) is 5.26 Å². The standard InChI is InChI=1S/C27H39N3O4/c1-20(2)27(19-28,21-17-24(31-4)26(33-6)25(18-21)32-5)13-9-14-30(3)15-10-16-34-23-12-8-7-11-22(23)29/h7-8,11-12,17-18,20H,9-10,13-16,29H2,1-6H3. The second-order valence-electron chi connectivity index (χ2n) is 8.80. The van der Waals surface area contributed by atoms with Crippen LogP contribution in [0.2, 0.25) is 0 Å². The number of nitriles is 1. The lowest BCUT2D eigenvalue weighted by atomic mass is 9.69. The van der Waals surface area contributed by atoms with Gasteiger partial charge in [-0.25, -0.2) is 0 Å². The van der Waals surface area contributed by atoms with Crippen LogP contribution in [-0.4, -0.2) is 53.0 Å². The van der Waals surface area contributed by atoms with Crippen molar-refractivity contribution in [1.29, 1.82) is 5.26 Å². The van der Waals surface area contributed by atoms with E-state index in [1.807, 2.05) is 36.4 Å². The first-order valence-electron chi connectivity index (χ1n) is 11.7. The molecular formula is C27H39N3O4. The molecule has 7 nitrogen and oxygen atoms in total. The molecule has 2 rings (SSSR count). The van der Waals surface area contributed by atoms with Crippen molar-refractivity contribution in [3.8, 4) is 29.1 Å². The van der Waals surface area contributed by atoms with E-state index in [-0.39, 0.29) is 5.92 Å². The van der Waals surface area contributed by atoms with Gasteiger partial charge in [-0.15, -0.1) is 0 Å². The fourth-order valence-corrected chi connectivity index (χ4v) is 4.22. The van der Waals surface area contributed by atoms with Crippen molar-refractivity contribution in [1.82, 2.24) is 4.90 Å². The van der Waals surface area contributed by atoms with E-state index < -0.39 is 5.41 Å². The monoisotopic (exact) mass is 469 g/mol. The average Bonchev–Trinajstić information content (AvgIpc) is 2.84. The van der Waals surface area contributed by atoms with Crippen LogP contribution >= 0.6 is 0 Å². The first kappa shape index (κ1) is 27.1. The maximum Gasteiger partial charge on any atom is 0.203 e. The molecule has 0 heterocycles. The minimum absolute atomic E-state index is 0.107. The van der Waals surface area contributed by atoms with Crippen LogP contribution in [0, 0.1) is 17.2 Å². The largest absolute Gasteiger partial charge is 0.493 e. The minimum Gasteiger partial charge on any atom is -0.493 e. The van der Waals surface area contributed by atoms with Gasteiger partial charge < -0.3 is 29.6 Å². The molecule has 0 aromatic heterocycles. The number of hydrogen-bond acceptors (Lipinski definition) is 7. The zero-order valence-electron chi connectivity index (χ0n) is 21.4. The molecule has 2 aromatic rings. The molecule has 0 aliphatic rings. The molecule has 2 aromatic carbocycles. The highest BCUT2D eigenvalue weighted by molar-refractivity contribution is 5.56. The Kier molecular flexibility index (Phi) is 10.3. The van der Waals surface area contributed by atoms with E-state index >= 15 is 0 Å². The zero-order chi connectivity index (χ0) is 25.1. The van der Waals surface area contributed by atoms with Crippen molar-refractivity contribution in [2.75, 3.05) is 53.8 Å². The molecule has 0 fully saturated rings. The van der Waals surface area contributed by atoms with Gasteiger partial charge in [0, 0.05) is 6.54 Å². The van der Waals surface area contributed by atoms with Crippen LogP contribution in [-0.2, 0) is 5.41 Å². The molecule has 0 amide bonds. The Morgan fingerprint density at radius 1 is 0.971 bits per heavy atom. The number of nitrogens with zero attached hydrogens (tertiary/aromatic N) is 2. The van der Waals surface area contributed by atoms with Gasteiger partial charge in [-0.3, -0.25) is 0 Å². The Labute approximate surface area is 204 Å². The maximum atomic E-state index is 10.3. The summed E-state index contributed by atoms with van der Waals surface area (Å²) < 4.78 is 22.3. The van der Waals surface area contributed by atoms with E-state index in [1.54, 1.807) is 21.3 Å². The quantitative estimate of drug-likeness (QED) is 0.311. The van der Waals surface area contributed by atoms with Crippen molar-refractivity contribution in [3.05, 3.63) is 42.0 Å². The molecule has 2 N–H and O–H groups in total. The van der Waals surface area contributed by atoms with Crippen molar-refractivity contribution >= 4 is 5.69 Å². The predicted molar refractivity (Wildman–Crippen MR) is 136 cm³/mol. The van der Waals surface area contributed by atoms with Gasteiger partial charge in [-0.05, 0) is 68.6 Å². The highest BCUT2D eigenvalue weighted by Crippen LogP contribution is 2.45. The van der Waals surface area contributed by atoms with Crippen LogP contribution in [0.5, 0.6) is 23.0 Å². The maximum absolute atomic E-state index is 10.3. The molecule has 0 aliphatic carbocycles. The summed E-state index contributed by atoms with van der Waals surface area (Å²) in [5, 5.41) is 10.3. The topological polar surface area (TPSA) is 90.0 Å². The van der Waals surface area contributed by atoms with Crippen LogP contribution in [0.3, 0.4) is 0 Å². The Morgan fingerprint density at radius 3 is 2.12 bits per heavy atom. The van der Waals surface area contributed by atoms with E-state index in [0.717, 1.165) is 43.7 Å². The Balaban J connectivity index is 2.00. The molecular weight excluding hydrogens is 430 g/mol. The van der Waals surface area contributed by atoms with Gasteiger partial charge in [-0.2, -0.15) is 5.26 Å². The minimum atomic E-state index is -0.665. The van der Waals surface area contributed by atoms with Crippen LogP contribution in [0.25, 0.3) is 0 Å². The molecule has 0 saturated heterocycles. The van der Waals surface area contributed by atoms with Gasteiger partial charge in [0.2, 0.25) is 5.75 Å². The zero-order valence-corrected chi connectivity index (χ0v) is 21.4. The third-order valence-corrected chi connectivity index (χ3v) is 6.34. The molecule has 1 unspecified atom stereocenters. The Morgan fingerprint density at radius 2 is 1.59 bits per heavy atom. The number of ether oxygens (including phenoxy) is 4. The van der Waals surface area contributed by atoms with Gasteiger partial charge in [0.1, 0.15) is 5.75 Å². The van der Waals surface area contributed by atoms with Crippen LogP contribution in [0.4, 0.5) is 5.69 Å². The molecule has 186 valence electrons. The molecule has 34 heavy (non-hydrogen) atoms. The SMILES string of the molecule is COc1cc(C(C#N)(CCCN(C)CCCOc2ccccc2N)C(C)C)cc(OC)c1OC. The van der Waals surface area contributed by atoms with Gasteiger partial charge >= 0.3 is 0 Å². The summed E-state index contributed by atoms with van der Waals surface area (Å²) in [7, 11) is 6.86. The highest BCUT2D eigenvalue weighted by Gasteiger charge is 2.37. The molecule has 0 radical (unpaired) electrons. The second-order valence-corrected chi connectivity index (χ2v) is 8.80. The molecule has 1 atom stereocenters. The van der Waals surface area contributed by atoms with Crippen molar-refractivity contribution in [2.45, 2.75) is 38.5 Å². The van der Waals surface area contributed by atoms with E-state index in [4.69, 9.17) is 24.7 Å². The van der Waals surface area contributed by atoms with Gasteiger partial charge in [0.15, 0.2) is 11.5 Å². The summed E-state index contributed by atoms with van der Waals surface area (Å²) in [4.78, 5) is 2.27. The van der Waals surface area contributed by atoms with Gasteiger partial charge in [0.05, 0.1) is 45.1 Å². The fraction of sp³-hybridized carbons (Fsp3) is 0.519. The third-order valence-electron chi connectivity index (χ3n) is 6.34. The molecule has 0 saturated carbocycles. The number of hydrogen-bond donors (Lipinski definition) is 1. The molecule has 0 aliphatic heterocycles.